The summed E-state index contributed by atoms with van der Waals surface area (Å²) in [5.41, 5.74) is 2.78. The topological polar surface area (TPSA) is 81.8 Å². The summed E-state index contributed by atoms with van der Waals surface area (Å²) in [6.45, 7) is 1.72. The monoisotopic (exact) mass is 439 g/mol. The van der Waals surface area contributed by atoms with Crippen LogP contribution >= 0.6 is 31.9 Å². The SMILES string of the molecule is Cc1nc2c(Br)cc(Br)cc2c(=O)n1NC(=O)Cn1ccnc1. The van der Waals surface area contributed by atoms with Gasteiger partial charge in [0.1, 0.15) is 12.4 Å². The zero-order chi connectivity index (χ0) is 16.6. The molecule has 0 aliphatic heterocycles. The van der Waals surface area contributed by atoms with E-state index in [4.69, 9.17) is 0 Å². The summed E-state index contributed by atoms with van der Waals surface area (Å²) in [7, 11) is 0. The highest BCUT2D eigenvalue weighted by molar-refractivity contribution is 9.11. The number of aryl methyl sites for hydroxylation is 1. The Labute approximate surface area is 147 Å². The van der Waals surface area contributed by atoms with Gasteiger partial charge in [-0.15, -0.1) is 0 Å². The maximum atomic E-state index is 12.6. The Morgan fingerprint density at radius 3 is 2.83 bits per heavy atom. The molecule has 3 aromatic rings. The third kappa shape index (κ3) is 3.20. The number of halogens is 2. The van der Waals surface area contributed by atoms with Crippen molar-refractivity contribution in [2.45, 2.75) is 13.5 Å². The number of benzene rings is 1. The van der Waals surface area contributed by atoms with Crippen LogP contribution in [0.2, 0.25) is 0 Å². The molecule has 2 aromatic heterocycles. The number of hydrogen-bond donors (Lipinski definition) is 1. The van der Waals surface area contributed by atoms with Crippen LogP contribution in [-0.4, -0.2) is 25.1 Å². The van der Waals surface area contributed by atoms with Gasteiger partial charge in [-0.2, -0.15) is 0 Å². The summed E-state index contributed by atoms with van der Waals surface area (Å²) >= 11 is 6.74. The average molecular weight is 441 g/mol. The van der Waals surface area contributed by atoms with Crippen molar-refractivity contribution in [1.29, 1.82) is 0 Å². The quantitative estimate of drug-likeness (QED) is 0.676. The first kappa shape index (κ1) is 15.9. The first-order valence-electron chi connectivity index (χ1n) is 6.59. The molecule has 1 amide bonds. The Morgan fingerprint density at radius 2 is 2.13 bits per heavy atom. The normalized spacial score (nSPS) is 10.9. The summed E-state index contributed by atoms with van der Waals surface area (Å²) in [5, 5.41) is 0.403. The molecule has 0 spiro atoms. The van der Waals surface area contributed by atoms with Crippen LogP contribution < -0.4 is 11.0 Å². The van der Waals surface area contributed by atoms with Crippen molar-refractivity contribution in [3.05, 3.63) is 56.0 Å². The average Bonchev–Trinajstić information content (AvgIpc) is 2.98. The van der Waals surface area contributed by atoms with Crippen molar-refractivity contribution in [3.8, 4) is 0 Å². The van der Waals surface area contributed by atoms with E-state index < -0.39 is 0 Å². The Morgan fingerprint density at radius 1 is 1.35 bits per heavy atom. The highest BCUT2D eigenvalue weighted by Gasteiger charge is 2.13. The second kappa shape index (κ2) is 6.25. The molecule has 0 bridgehead atoms. The molecule has 118 valence electrons. The first-order valence-corrected chi connectivity index (χ1v) is 8.18. The van der Waals surface area contributed by atoms with Gasteiger partial charge in [-0.3, -0.25) is 15.0 Å². The molecular formula is C14H11Br2N5O2. The number of hydrogen-bond acceptors (Lipinski definition) is 4. The van der Waals surface area contributed by atoms with Gasteiger partial charge in [0.2, 0.25) is 0 Å². The number of amides is 1. The lowest BCUT2D eigenvalue weighted by Gasteiger charge is -2.13. The lowest BCUT2D eigenvalue weighted by molar-refractivity contribution is -0.117. The number of rotatable bonds is 3. The van der Waals surface area contributed by atoms with E-state index in [0.717, 1.165) is 9.15 Å². The van der Waals surface area contributed by atoms with E-state index in [1.54, 1.807) is 30.0 Å². The molecule has 1 N–H and O–H groups in total. The van der Waals surface area contributed by atoms with Crippen LogP contribution in [0.25, 0.3) is 10.9 Å². The van der Waals surface area contributed by atoms with Crippen molar-refractivity contribution >= 4 is 48.7 Å². The molecule has 0 fully saturated rings. The van der Waals surface area contributed by atoms with Crippen molar-refractivity contribution in [1.82, 2.24) is 19.2 Å². The minimum atomic E-state index is -0.344. The van der Waals surface area contributed by atoms with Gasteiger partial charge in [0.15, 0.2) is 0 Å². The van der Waals surface area contributed by atoms with E-state index in [-0.39, 0.29) is 18.0 Å². The van der Waals surface area contributed by atoms with Crippen LogP contribution in [-0.2, 0) is 11.3 Å². The maximum Gasteiger partial charge on any atom is 0.280 e. The number of imidazole rings is 1. The van der Waals surface area contributed by atoms with Crippen molar-refractivity contribution in [3.63, 3.8) is 0 Å². The van der Waals surface area contributed by atoms with Crippen LogP contribution in [0, 0.1) is 6.92 Å². The number of nitrogens with zero attached hydrogens (tertiary/aromatic N) is 4. The van der Waals surface area contributed by atoms with Gasteiger partial charge in [-0.25, -0.2) is 14.6 Å². The summed E-state index contributed by atoms with van der Waals surface area (Å²) in [6, 6.07) is 3.49. The first-order chi connectivity index (χ1) is 11.0. The number of aromatic nitrogens is 4. The zero-order valence-corrected chi connectivity index (χ0v) is 15.1. The molecule has 7 nitrogen and oxygen atoms in total. The number of fused-ring (bicyclic) bond motifs is 1. The van der Waals surface area contributed by atoms with Crippen LogP contribution in [0.4, 0.5) is 0 Å². The number of nitrogens with one attached hydrogen (secondary N) is 1. The van der Waals surface area contributed by atoms with E-state index in [2.05, 4.69) is 47.3 Å². The van der Waals surface area contributed by atoms with Gasteiger partial charge < -0.3 is 4.57 Å². The molecule has 0 saturated heterocycles. The van der Waals surface area contributed by atoms with E-state index in [0.29, 0.717) is 21.2 Å². The van der Waals surface area contributed by atoms with Crippen LogP contribution in [0.1, 0.15) is 5.82 Å². The Hall–Kier alpha value is -2.00. The van der Waals surface area contributed by atoms with Crippen molar-refractivity contribution in [2.75, 3.05) is 5.43 Å². The van der Waals surface area contributed by atoms with Gasteiger partial charge in [-0.05, 0) is 35.0 Å². The Balaban J connectivity index is 2.01. The summed E-state index contributed by atoms with van der Waals surface area (Å²) < 4.78 is 4.22. The maximum absolute atomic E-state index is 12.6. The number of carbonyl (C=O) groups excluding carboxylic acids is 1. The molecule has 0 atom stereocenters. The minimum absolute atomic E-state index is 0.0616. The molecule has 0 radical (unpaired) electrons. The van der Waals surface area contributed by atoms with E-state index in [1.807, 2.05) is 6.07 Å². The third-order valence-corrected chi connectivity index (χ3v) is 4.24. The molecule has 0 aliphatic rings. The van der Waals surface area contributed by atoms with Crippen LogP contribution in [0.3, 0.4) is 0 Å². The molecule has 3 rings (SSSR count). The van der Waals surface area contributed by atoms with Crippen LogP contribution in [0.15, 0.2) is 44.6 Å². The van der Waals surface area contributed by atoms with Gasteiger partial charge in [0.05, 0.1) is 17.2 Å². The summed E-state index contributed by atoms with van der Waals surface area (Å²) in [6.07, 6.45) is 4.78. The lowest BCUT2D eigenvalue weighted by atomic mass is 10.2. The van der Waals surface area contributed by atoms with Gasteiger partial charge in [-0.1, -0.05) is 15.9 Å². The molecule has 2 heterocycles. The molecule has 1 aromatic carbocycles. The fourth-order valence-corrected chi connectivity index (χ4v) is 3.47. The predicted octanol–water partition coefficient (Wildman–Crippen LogP) is 2.20. The third-order valence-electron chi connectivity index (χ3n) is 3.18. The van der Waals surface area contributed by atoms with E-state index in [1.165, 1.54) is 6.33 Å². The predicted molar refractivity (Wildman–Crippen MR) is 92.7 cm³/mol. The molecule has 0 unspecified atom stereocenters. The fourth-order valence-electron chi connectivity index (χ4n) is 2.16. The lowest BCUT2D eigenvalue weighted by Crippen LogP contribution is -2.37. The molecule has 0 saturated carbocycles. The molecule has 23 heavy (non-hydrogen) atoms. The standard InChI is InChI=1S/C14H11Br2N5O2/c1-8-18-13-10(4-9(15)5-11(13)16)14(23)21(8)19-12(22)6-20-3-2-17-7-20/h2-5,7H,6H2,1H3,(H,19,22). The van der Waals surface area contributed by atoms with Crippen molar-refractivity contribution in [2.24, 2.45) is 0 Å². The molecular weight excluding hydrogens is 430 g/mol. The number of carbonyl (C=O) groups is 1. The van der Waals surface area contributed by atoms with Gasteiger partial charge >= 0.3 is 0 Å². The van der Waals surface area contributed by atoms with Gasteiger partial charge in [0.25, 0.3) is 11.5 Å². The van der Waals surface area contributed by atoms with Gasteiger partial charge in [0, 0.05) is 21.3 Å². The second-order valence-corrected chi connectivity index (χ2v) is 6.62. The van der Waals surface area contributed by atoms with E-state index >= 15 is 0 Å². The van der Waals surface area contributed by atoms with Crippen molar-refractivity contribution < 1.29 is 4.79 Å². The Bertz CT molecular complexity index is 950. The summed E-state index contributed by atoms with van der Waals surface area (Å²) in [5.74, 6) is 0.0490. The molecule has 0 aliphatic carbocycles. The minimum Gasteiger partial charge on any atom is -0.328 e. The summed E-state index contributed by atoms with van der Waals surface area (Å²) in [4.78, 5) is 33.0. The van der Waals surface area contributed by atoms with Crippen LogP contribution in [0.5, 0.6) is 0 Å². The Kier molecular flexibility index (Phi) is 4.31. The fraction of sp³-hybridized carbons (Fsp3) is 0.143. The highest BCUT2D eigenvalue weighted by Crippen LogP contribution is 2.25. The second-order valence-electron chi connectivity index (χ2n) is 4.85. The van der Waals surface area contributed by atoms with E-state index in [9.17, 15) is 9.59 Å². The highest BCUT2D eigenvalue weighted by atomic mass is 79.9. The zero-order valence-electron chi connectivity index (χ0n) is 12.0. The molecule has 9 heteroatoms. The largest absolute Gasteiger partial charge is 0.328 e. The smallest absolute Gasteiger partial charge is 0.280 e.